The van der Waals surface area contributed by atoms with Crippen LogP contribution in [0, 0.1) is 0 Å². The standard InChI is InChI=1S/C21H23ClN6O8S/c1-25-19-18(20(31)26(2)21(25)32)27(12-23-19)10-17(30)36-11-16(29)24-15-9-13(3-4-14(15)22)37(33,34)28-5-7-35-8-6-28/h3-4,9,12H,5-8,10-11H2,1-2H3,(H,24,29). The average molecular weight is 555 g/mol. The zero-order valence-electron chi connectivity index (χ0n) is 19.8. The van der Waals surface area contributed by atoms with Crippen LogP contribution in [0.5, 0.6) is 0 Å². The first-order valence-electron chi connectivity index (χ1n) is 10.9. The van der Waals surface area contributed by atoms with Crippen molar-refractivity contribution < 1.29 is 27.5 Å². The third-order valence-electron chi connectivity index (χ3n) is 5.70. The van der Waals surface area contributed by atoms with E-state index in [-0.39, 0.29) is 53.1 Å². The zero-order valence-corrected chi connectivity index (χ0v) is 21.4. The molecule has 0 saturated carbocycles. The first kappa shape index (κ1) is 26.5. The maximum atomic E-state index is 12.9. The van der Waals surface area contributed by atoms with E-state index >= 15 is 0 Å². The Bertz CT molecular complexity index is 1600. The minimum absolute atomic E-state index is 0.0241. The van der Waals surface area contributed by atoms with E-state index in [2.05, 4.69) is 10.3 Å². The van der Waals surface area contributed by atoms with Gasteiger partial charge in [-0.15, -0.1) is 0 Å². The van der Waals surface area contributed by atoms with E-state index in [9.17, 15) is 27.6 Å². The van der Waals surface area contributed by atoms with E-state index in [0.717, 1.165) is 4.57 Å². The quantitative estimate of drug-likeness (QED) is 0.371. The molecule has 3 heterocycles. The van der Waals surface area contributed by atoms with Crippen LogP contribution in [0.4, 0.5) is 5.69 Å². The number of sulfonamides is 1. The number of halogens is 1. The van der Waals surface area contributed by atoms with Crippen molar-refractivity contribution in [3.05, 3.63) is 50.4 Å². The maximum absolute atomic E-state index is 12.9. The lowest BCUT2D eigenvalue weighted by Gasteiger charge is -2.26. The Morgan fingerprint density at radius 2 is 1.86 bits per heavy atom. The molecule has 14 nitrogen and oxygen atoms in total. The molecule has 1 aromatic carbocycles. The minimum atomic E-state index is -3.82. The number of aryl methyl sites for hydroxylation is 1. The van der Waals surface area contributed by atoms with Gasteiger partial charge in [-0.2, -0.15) is 4.31 Å². The van der Waals surface area contributed by atoms with Crippen molar-refractivity contribution in [1.82, 2.24) is 23.0 Å². The van der Waals surface area contributed by atoms with Gasteiger partial charge in [0, 0.05) is 27.2 Å². The second-order valence-electron chi connectivity index (χ2n) is 8.12. The number of morpholine rings is 1. The third kappa shape index (κ3) is 5.29. The van der Waals surface area contributed by atoms with E-state index in [1.807, 2.05) is 0 Å². The number of aromatic nitrogens is 4. The number of carbonyl (C=O) groups is 2. The summed E-state index contributed by atoms with van der Waals surface area (Å²) < 4.78 is 40.5. The molecule has 1 amide bonds. The molecule has 198 valence electrons. The van der Waals surface area contributed by atoms with Crippen molar-refractivity contribution >= 4 is 50.4 Å². The van der Waals surface area contributed by atoms with Gasteiger partial charge in [-0.05, 0) is 18.2 Å². The Morgan fingerprint density at radius 1 is 1.16 bits per heavy atom. The molecule has 1 saturated heterocycles. The summed E-state index contributed by atoms with van der Waals surface area (Å²) in [5.41, 5.74) is -1.05. The summed E-state index contributed by atoms with van der Waals surface area (Å²) in [6, 6.07) is 3.90. The van der Waals surface area contributed by atoms with Gasteiger partial charge in [0.25, 0.3) is 11.5 Å². The van der Waals surface area contributed by atoms with Gasteiger partial charge in [0.1, 0.15) is 6.54 Å². The summed E-state index contributed by atoms with van der Waals surface area (Å²) in [6.07, 6.45) is 1.22. The smallest absolute Gasteiger partial charge is 0.332 e. The number of ether oxygens (including phenoxy) is 2. The molecule has 3 aromatic rings. The molecule has 37 heavy (non-hydrogen) atoms. The third-order valence-corrected chi connectivity index (χ3v) is 7.92. The molecule has 1 aliphatic heterocycles. The van der Waals surface area contributed by atoms with Gasteiger partial charge in [0.05, 0.1) is 35.1 Å². The van der Waals surface area contributed by atoms with Crippen molar-refractivity contribution in [1.29, 1.82) is 0 Å². The number of benzene rings is 1. The first-order chi connectivity index (χ1) is 17.5. The highest BCUT2D eigenvalue weighted by molar-refractivity contribution is 7.89. The molecule has 2 aromatic heterocycles. The number of rotatable bonds is 7. The van der Waals surface area contributed by atoms with Gasteiger partial charge >= 0.3 is 11.7 Å². The summed E-state index contributed by atoms with van der Waals surface area (Å²) in [4.78, 5) is 53.2. The second kappa shape index (κ2) is 10.5. The number of esters is 1. The predicted octanol–water partition coefficient (Wildman–Crippen LogP) is -0.710. The highest BCUT2D eigenvalue weighted by Crippen LogP contribution is 2.27. The normalized spacial score (nSPS) is 14.6. The molecule has 0 aliphatic carbocycles. The summed E-state index contributed by atoms with van der Waals surface area (Å²) >= 11 is 6.12. The van der Waals surface area contributed by atoms with E-state index in [4.69, 9.17) is 21.1 Å². The molecule has 4 rings (SSSR count). The first-order valence-corrected chi connectivity index (χ1v) is 12.8. The number of imidazole rings is 1. The minimum Gasteiger partial charge on any atom is -0.454 e. The second-order valence-corrected chi connectivity index (χ2v) is 10.5. The molecule has 0 bridgehead atoms. The predicted molar refractivity (Wildman–Crippen MR) is 131 cm³/mol. The van der Waals surface area contributed by atoms with Crippen LogP contribution >= 0.6 is 11.6 Å². The van der Waals surface area contributed by atoms with Gasteiger partial charge in [-0.1, -0.05) is 11.6 Å². The highest BCUT2D eigenvalue weighted by Gasteiger charge is 2.27. The highest BCUT2D eigenvalue weighted by atomic mass is 35.5. The number of nitrogens with one attached hydrogen (secondary N) is 1. The maximum Gasteiger partial charge on any atom is 0.332 e. The lowest BCUT2D eigenvalue weighted by Crippen LogP contribution is -2.40. The Kier molecular flexibility index (Phi) is 7.49. The number of anilines is 1. The van der Waals surface area contributed by atoms with Crippen molar-refractivity contribution in [2.75, 3.05) is 38.2 Å². The van der Waals surface area contributed by atoms with Crippen LogP contribution < -0.4 is 16.6 Å². The van der Waals surface area contributed by atoms with Crippen molar-refractivity contribution in [3.63, 3.8) is 0 Å². The van der Waals surface area contributed by atoms with E-state index in [0.29, 0.717) is 0 Å². The van der Waals surface area contributed by atoms with E-state index in [1.54, 1.807) is 0 Å². The molecule has 0 spiro atoms. The number of carbonyl (C=O) groups excluding carboxylic acids is 2. The zero-order chi connectivity index (χ0) is 26.9. The monoisotopic (exact) mass is 554 g/mol. The van der Waals surface area contributed by atoms with Crippen LogP contribution in [0.15, 0.2) is 39.0 Å². The number of nitrogens with zero attached hydrogens (tertiary/aromatic N) is 5. The van der Waals surface area contributed by atoms with Gasteiger partial charge in [-0.25, -0.2) is 18.2 Å². The molecular weight excluding hydrogens is 532 g/mol. The van der Waals surface area contributed by atoms with Crippen LogP contribution in [-0.2, 0) is 49.7 Å². The fourth-order valence-corrected chi connectivity index (χ4v) is 5.33. The summed E-state index contributed by atoms with van der Waals surface area (Å²) in [7, 11) is -1.08. The van der Waals surface area contributed by atoms with Gasteiger partial charge in [-0.3, -0.25) is 23.5 Å². The molecule has 1 N–H and O–H groups in total. The van der Waals surface area contributed by atoms with Crippen LogP contribution in [0.25, 0.3) is 11.2 Å². The van der Waals surface area contributed by atoms with Crippen molar-refractivity contribution in [2.24, 2.45) is 14.1 Å². The molecule has 1 fully saturated rings. The molecule has 16 heteroatoms. The Balaban J connectivity index is 1.42. The average Bonchev–Trinajstić information content (AvgIpc) is 3.30. The lowest BCUT2D eigenvalue weighted by atomic mass is 10.3. The van der Waals surface area contributed by atoms with Crippen molar-refractivity contribution in [2.45, 2.75) is 11.4 Å². The van der Waals surface area contributed by atoms with Crippen LogP contribution in [0.2, 0.25) is 5.02 Å². The molecule has 0 atom stereocenters. The van der Waals surface area contributed by atoms with Crippen LogP contribution in [-0.4, -0.2) is 76.2 Å². The number of amides is 1. The van der Waals surface area contributed by atoms with Crippen molar-refractivity contribution in [3.8, 4) is 0 Å². The van der Waals surface area contributed by atoms with Crippen LogP contribution in [0.1, 0.15) is 0 Å². The summed E-state index contributed by atoms with van der Waals surface area (Å²) in [5, 5.41) is 2.52. The van der Waals surface area contributed by atoms with Gasteiger partial charge in [0.2, 0.25) is 10.0 Å². The fourth-order valence-electron chi connectivity index (χ4n) is 3.73. The Morgan fingerprint density at radius 3 is 2.57 bits per heavy atom. The Hall–Kier alpha value is -3.53. The summed E-state index contributed by atoms with van der Waals surface area (Å²) in [6.45, 7) is -0.162. The fraction of sp³-hybridized carbons (Fsp3) is 0.381. The molecule has 0 radical (unpaired) electrons. The van der Waals surface area contributed by atoms with Crippen LogP contribution in [0.3, 0.4) is 0 Å². The SMILES string of the molecule is Cn1c(=O)c2c(ncn2CC(=O)OCC(=O)Nc2cc(S(=O)(=O)N3CCOCC3)ccc2Cl)n(C)c1=O. The largest absolute Gasteiger partial charge is 0.454 e. The topological polar surface area (TPSA) is 164 Å². The Labute approximate surface area is 215 Å². The lowest BCUT2D eigenvalue weighted by molar-refractivity contribution is -0.147. The number of hydrogen-bond acceptors (Lipinski definition) is 9. The molecule has 1 aliphatic rings. The summed E-state index contributed by atoms with van der Waals surface area (Å²) in [5.74, 6) is -1.61. The van der Waals surface area contributed by atoms with Gasteiger partial charge < -0.3 is 19.4 Å². The number of fused-ring (bicyclic) bond motifs is 1. The molecular formula is C21H23ClN6O8S. The molecule has 0 unspecified atom stereocenters. The van der Waals surface area contributed by atoms with E-state index < -0.39 is 46.3 Å². The number of hydrogen-bond donors (Lipinski definition) is 1. The van der Waals surface area contributed by atoms with E-state index in [1.165, 1.54) is 52.1 Å². The van der Waals surface area contributed by atoms with Gasteiger partial charge in [0.15, 0.2) is 17.8 Å².